The van der Waals surface area contributed by atoms with Crippen molar-refractivity contribution in [2.45, 2.75) is 24.2 Å². The fourth-order valence-corrected chi connectivity index (χ4v) is 4.38. The maximum absolute atomic E-state index is 13.5. The average molecular weight is 470 g/mol. The summed E-state index contributed by atoms with van der Waals surface area (Å²) in [6.07, 6.45) is -7.78. The summed E-state index contributed by atoms with van der Waals surface area (Å²) in [5.74, 6) is 0. The molecule has 2 aromatic carbocycles. The summed E-state index contributed by atoms with van der Waals surface area (Å²) in [5.41, 5.74) is -10.5. The molecule has 4 nitrogen and oxygen atoms in total. The van der Waals surface area contributed by atoms with Crippen molar-refractivity contribution in [1.29, 1.82) is 21.0 Å². The van der Waals surface area contributed by atoms with Crippen molar-refractivity contribution in [2.75, 3.05) is 0 Å². The van der Waals surface area contributed by atoms with Crippen molar-refractivity contribution in [1.82, 2.24) is 0 Å². The molecule has 2 aromatic rings. The summed E-state index contributed by atoms with van der Waals surface area (Å²) >= 11 is 0. The van der Waals surface area contributed by atoms with E-state index in [0.717, 1.165) is 42.5 Å². The Morgan fingerprint density at radius 2 is 1.12 bits per heavy atom. The fourth-order valence-electron chi connectivity index (χ4n) is 4.38. The van der Waals surface area contributed by atoms with Gasteiger partial charge in [-0.05, 0) is 29.7 Å². The van der Waals surface area contributed by atoms with Crippen LogP contribution < -0.4 is 0 Å². The largest absolute Gasteiger partial charge is 0.416 e. The van der Waals surface area contributed by atoms with Crippen molar-refractivity contribution >= 4 is 0 Å². The van der Waals surface area contributed by atoms with Crippen LogP contribution in [0.2, 0.25) is 0 Å². The number of nitriles is 4. The Morgan fingerprint density at radius 3 is 1.47 bits per heavy atom. The van der Waals surface area contributed by atoms with Gasteiger partial charge in [-0.1, -0.05) is 48.6 Å². The van der Waals surface area contributed by atoms with Gasteiger partial charge < -0.3 is 0 Å². The molecule has 1 aliphatic rings. The minimum absolute atomic E-state index is 0.365. The Morgan fingerprint density at radius 1 is 0.676 bits per heavy atom. The highest BCUT2D eigenvalue weighted by atomic mass is 19.4. The Hall–Kier alpha value is -4.28. The number of allylic oxidation sites excluding steroid dienone is 2. The van der Waals surface area contributed by atoms with Gasteiger partial charge in [-0.2, -0.15) is 47.4 Å². The lowest BCUT2D eigenvalue weighted by molar-refractivity contribution is -0.138. The predicted octanol–water partition coefficient (Wildman–Crippen LogP) is 6.04. The molecule has 0 amide bonds. The van der Waals surface area contributed by atoms with Gasteiger partial charge in [0.15, 0.2) is 10.8 Å². The van der Waals surface area contributed by atoms with Crippen LogP contribution in [0.5, 0.6) is 0 Å². The molecule has 0 aromatic heterocycles. The van der Waals surface area contributed by atoms with Crippen molar-refractivity contribution in [3.63, 3.8) is 0 Å². The van der Waals surface area contributed by atoms with E-state index in [1.165, 1.54) is 6.08 Å². The van der Waals surface area contributed by atoms with Gasteiger partial charge in [0.05, 0.1) is 40.8 Å². The Balaban J connectivity index is 2.57. The lowest BCUT2D eigenvalue weighted by Crippen LogP contribution is -2.55. The van der Waals surface area contributed by atoms with Crippen molar-refractivity contribution in [2.24, 2.45) is 10.8 Å². The molecule has 0 saturated carbocycles. The van der Waals surface area contributed by atoms with Gasteiger partial charge in [-0.3, -0.25) is 0 Å². The molecule has 170 valence electrons. The molecule has 34 heavy (non-hydrogen) atoms. The number of alkyl halides is 6. The highest BCUT2D eigenvalue weighted by molar-refractivity contribution is 5.60. The summed E-state index contributed by atoms with van der Waals surface area (Å²) < 4.78 is 81.1. The van der Waals surface area contributed by atoms with E-state index in [4.69, 9.17) is 0 Å². The quantitative estimate of drug-likeness (QED) is 0.395. The van der Waals surface area contributed by atoms with Gasteiger partial charge >= 0.3 is 12.4 Å². The zero-order chi connectivity index (χ0) is 25.4. The molecule has 0 fully saturated rings. The van der Waals surface area contributed by atoms with Crippen LogP contribution in [0.25, 0.3) is 0 Å². The molecule has 3 rings (SSSR count). The lowest BCUT2D eigenvalue weighted by Gasteiger charge is -2.49. The second-order valence-corrected chi connectivity index (χ2v) is 7.67. The smallest absolute Gasteiger partial charge is 0.196 e. The van der Waals surface area contributed by atoms with E-state index in [1.54, 1.807) is 24.3 Å². The normalized spacial score (nSPS) is 18.1. The first kappa shape index (κ1) is 24.4. The van der Waals surface area contributed by atoms with Crippen LogP contribution in [0, 0.1) is 56.2 Å². The minimum Gasteiger partial charge on any atom is -0.196 e. The molecule has 0 atom stereocenters. The zero-order valence-corrected chi connectivity index (χ0v) is 17.0. The van der Waals surface area contributed by atoms with Crippen LogP contribution in [0.15, 0.2) is 60.7 Å². The molecular formula is C24H12F6N4. The molecule has 0 saturated heterocycles. The van der Waals surface area contributed by atoms with Crippen molar-refractivity contribution in [3.05, 3.63) is 82.9 Å². The van der Waals surface area contributed by atoms with Gasteiger partial charge in [0.1, 0.15) is 0 Å². The molecule has 0 radical (unpaired) electrons. The van der Waals surface area contributed by atoms with Crippen LogP contribution in [0.4, 0.5) is 26.3 Å². The Kier molecular flexibility index (Phi) is 5.69. The van der Waals surface area contributed by atoms with E-state index in [9.17, 15) is 47.4 Å². The molecule has 1 aliphatic carbocycles. The molecule has 0 spiro atoms. The Labute approximate surface area is 190 Å². The van der Waals surface area contributed by atoms with Crippen LogP contribution in [-0.2, 0) is 17.8 Å². The van der Waals surface area contributed by atoms with Crippen LogP contribution in [-0.4, -0.2) is 0 Å². The third-order valence-electron chi connectivity index (χ3n) is 6.03. The predicted molar refractivity (Wildman–Crippen MR) is 105 cm³/mol. The number of nitrogens with zero attached hydrogens (tertiary/aromatic N) is 4. The van der Waals surface area contributed by atoms with Crippen LogP contribution >= 0.6 is 0 Å². The van der Waals surface area contributed by atoms with E-state index in [-0.39, 0.29) is 11.1 Å². The zero-order valence-electron chi connectivity index (χ0n) is 17.0. The molecule has 10 heteroatoms. The first-order chi connectivity index (χ1) is 15.9. The monoisotopic (exact) mass is 470 g/mol. The van der Waals surface area contributed by atoms with Crippen molar-refractivity contribution < 1.29 is 26.3 Å². The van der Waals surface area contributed by atoms with E-state index < -0.39 is 46.1 Å². The number of halogens is 6. The number of benzene rings is 2. The van der Waals surface area contributed by atoms with Gasteiger partial charge in [0, 0.05) is 0 Å². The molecule has 0 unspecified atom stereocenters. The van der Waals surface area contributed by atoms with Crippen LogP contribution in [0.1, 0.15) is 28.7 Å². The fraction of sp³-hybridized carbons (Fsp3) is 0.250. The maximum atomic E-state index is 13.5. The third kappa shape index (κ3) is 3.28. The Bertz CT molecular complexity index is 1240. The summed E-state index contributed by atoms with van der Waals surface area (Å²) in [7, 11) is 0. The summed E-state index contributed by atoms with van der Waals surface area (Å²) in [6.45, 7) is 0. The first-order valence-electron chi connectivity index (χ1n) is 9.55. The molecule has 0 N–H and O–H groups in total. The maximum Gasteiger partial charge on any atom is 0.416 e. The first-order valence-corrected chi connectivity index (χ1v) is 9.55. The second kappa shape index (κ2) is 7.94. The number of rotatable bonds is 2. The standard InChI is InChI=1S/C24H12F6N4/c25-23(26,27)18-6-1-4-16(10-18)22(17-5-2-7-19(11-17)24(28,29)30)9-3-8-20(12-31,13-32)21(22,14-33)15-34/h1-7,9-11H,8H2. The number of hydrogen-bond donors (Lipinski definition) is 0. The lowest BCUT2D eigenvalue weighted by atomic mass is 9.45. The molecule has 0 bridgehead atoms. The summed E-state index contributed by atoms with van der Waals surface area (Å²) in [6, 6.07) is 13.4. The molecule has 0 heterocycles. The summed E-state index contributed by atoms with van der Waals surface area (Å²) in [4.78, 5) is 0. The SMILES string of the molecule is N#CC1(C#N)CC=CC(c2cccc(C(F)(F)F)c2)(c2cccc(C(F)(F)F)c2)C1(C#N)C#N. The molecule has 0 aliphatic heterocycles. The van der Waals surface area contributed by atoms with Crippen molar-refractivity contribution in [3.8, 4) is 24.3 Å². The summed E-state index contributed by atoms with van der Waals surface area (Å²) in [5, 5.41) is 40.1. The minimum atomic E-state index is -4.85. The van der Waals surface area contributed by atoms with E-state index in [0.29, 0.717) is 12.1 Å². The second-order valence-electron chi connectivity index (χ2n) is 7.67. The van der Waals surface area contributed by atoms with E-state index in [2.05, 4.69) is 0 Å². The highest BCUT2D eigenvalue weighted by Gasteiger charge is 2.68. The topological polar surface area (TPSA) is 95.2 Å². The average Bonchev–Trinajstić information content (AvgIpc) is 2.82. The van der Waals surface area contributed by atoms with Gasteiger partial charge in [0.2, 0.25) is 0 Å². The number of hydrogen-bond acceptors (Lipinski definition) is 4. The van der Waals surface area contributed by atoms with E-state index in [1.807, 2.05) is 0 Å². The van der Waals surface area contributed by atoms with Gasteiger partial charge in [0.25, 0.3) is 0 Å². The highest BCUT2D eigenvalue weighted by Crippen LogP contribution is 2.61. The van der Waals surface area contributed by atoms with Gasteiger partial charge in [-0.25, -0.2) is 0 Å². The van der Waals surface area contributed by atoms with Gasteiger partial charge in [-0.15, -0.1) is 0 Å². The third-order valence-corrected chi connectivity index (χ3v) is 6.03. The van der Waals surface area contributed by atoms with E-state index >= 15 is 0 Å². The molecular weight excluding hydrogens is 458 g/mol. The van der Waals surface area contributed by atoms with Crippen LogP contribution in [0.3, 0.4) is 0 Å².